The van der Waals surface area contributed by atoms with Crippen molar-refractivity contribution in [2.45, 2.75) is 104 Å². The van der Waals surface area contributed by atoms with Gasteiger partial charge < -0.3 is 95.4 Å². The van der Waals surface area contributed by atoms with Crippen molar-refractivity contribution < 1.29 is 99.7 Å². The van der Waals surface area contributed by atoms with Crippen LogP contribution < -0.4 is 5.32 Å². The van der Waals surface area contributed by atoms with E-state index in [-0.39, 0.29) is 0 Å². The van der Waals surface area contributed by atoms with Gasteiger partial charge in [0.1, 0.15) is 73.8 Å². The van der Waals surface area contributed by atoms with Gasteiger partial charge in [-0.25, -0.2) is 4.79 Å². The number of aliphatic hydroxyl groups excluding tert-OH is 12. The third-order valence-electron chi connectivity index (χ3n) is 7.57. The standard InChI is InChI=1S/C23H39NO20/c25-2-7(29)12(31)19-11(24-10(30)4-27)6(28)1-23(44-19,22(38)39)40-5-9-13(32)14(33)17(36)21(42-9)43-18-8(3-26)41-20(37)16(35)15(18)34/h6-9,11-21,25-29,31-37H,1-5H2,(H,24,30)(H,38,39)/t6-,7+,8+,9+,11+,12+,13-,14-,15+,16+,17+,18+,19+,20+,21-,23+/m0/s1. The third kappa shape index (κ3) is 7.62. The maximum absolute atomic E-state index is 12.4. The second-order valence-electron chi connectivity index (χ2n) is 10.6. The summed E-state index contributed by atoms with van der Waals surface area (Å²) in [6, 6.07) is -1.63. The molecule has 16 atom stereocenters. The molecular weight excluding hydrogens is 610 g/mol. The lowest BCUT2D eigenvalue weighted by atomic mass is 9.88. The van der Waals surface area contributed by atoms with Crippen LogP contribution in [0.25, 0.3) is 0 Å². The van der Waals surface area contributed by atoms with Gasteiger partial charge in [-0.1, -0.05) is 0 Å². The summed E-state index contributed by atoms with van der Waals surface area (Å²) < 4.78 is 26.6. The molecule has 3 aliphatic rings. The molecule has 3 heterocycles. The summed E-state index contributed by atoms with van der Waals surface area (Å²) >= 11 is 0. The number of amides is 1. The number of carboxylic acid groups (broad SMARTS) is 1. The summed E-state index contributed by atoms with van der Waals surface area (Å²) in [5, 5.41) is 132. The zero-order chi connectivity index (χ0) is 33.1. The molecule has 1 amide bonds. The maximum atomic E-state index is 12.4. The van der Waals surface area contributed by atoms with E-state index < -0.39 is 142 Å². The van der Waals surface area contributed by atoms with Gasteiger partial charge in [0.2, 0.25) is 5.91 Å². The third-order valence-corrected chi connectivity index (χ3v) is 7.57. The Morgan fingerprint density at radius 1 is 0.886 bits per heavy atom. The van der Waals surface area contributed by atoms with Crippen LogP contribution in [0.3, 0.4) is 0 Å². The number of carboxylic acids is 1. The van der Waals surface area contributed by atoms with Gasteiger partial charge in [-0.05, 0) is 0 Å². The maximum Gasteiger partial charge on any atom is 0.364 e. The van der Waals surface area contributed by atoms with Gasteiger partial charge in [-0.15, -0.1) is 0 Å². The second kappa shape index (κ2) is 15.2. The molecule has 0 aromatic carbocycles. The molecule has 21 heteroatoms. The zero-order valence-corrected chi connectivity index (χ0v) is 22.9. The Morgan fingerprint density at radius 3 is 2.11 bits per heavy atom. The van der Waals surface area contributed by atoms with Crippen LogP contribution in [-0.4, -0.2) is 202 Å². The highest BCUT2D eigenvalue weighted by Crippen LogP contribution is 2.35. The summed E-state index contributed by atoms with van der Waals surface area (Å²) in [6.07, 6.45) is -27.6. The van der Waals surface area contributed by atoms with Crippen molar-refractivity contribution in [3.63, 3.8) is 0 Å². The molecular formula is C23H39NO20. The molecule has 21 nitrogen and oxygen atoms in total. The first-order valence-electron chi connectivity index (χ1n) is 13.4. The monoisotopic (exact) mass is 649 g/mol. The molecule has 3 rings (SSSR count). The molecule has 0 unspecified atom stereocenters. The molecule has 0 aromatic heterocycles. The highest BCUT2D eigenvalue weighted by molar-refractivity contribution is 5.78. The van der Waals surface area contributed by atoms with Crippen molar-refractivity contribution >= 4 is 11.9 Å². The Labute approximate surface area is 248 Å². The van der Waals surface area contributed by atoms with Gasteiger partial charge in [-0.2, -0.15) is 0 Å². The summed E-state index contributed by atoms with van der Waals surface area (Å²) in [7, 11) is 0. The lowest BCUT2D eigenvalue weighted by Crippen LogP contribution is -2.69. The van der Waals surface area contributed by atoms with E-state index in [1.165, 1.54) is 0 Å². The van der Waals surface area contributed by atoms with Crippen molar-refractivity contribution in [1.29, 1.82) is 0 Å². The first kappa shape index (κ1) is 36.7. The van der Waals surface area contributed by atoms with E-state index in [0.717, 1.165) is 0 Å². The number of hydrogen-bond acceptors (Lipinski definition) is 19. The number of aliphatic carboxylic acids is 1. The van der Waals surface area contributed by atoms with Crippen LogP contribution in [0, 0.1) is 0 Å². The molecule has 0 aromatic rings. The van der Waals surface area contributed by atoms with Crippen LogP contribution in [-0.2, 0) is 33.3 Å². The van der Waals surface area contributed by atoms with Crippen molar-refractivity contribution in [3.05, 3.63) is 0 Å². The van der Waals surface area contributed by atoms with E-state index in [1.54, 1.807) is 0 Å². The van der Waals surface area contributed by atoms with E-state index in [1.807, 2.05) is 0 Å². The van der Waals surface area contributed by atoms with Gasteiger partial charge in [0, 0.05) is 6.42 Å². The summed E-state index contributed by atoms with van der Waals surface area (Å²) in [5.41, 5.74) is 0. The Kier molecular flexibility index (Phi) is 12.7. The Balaban J connectivity index is 1.82. The van der Waals surface area contributed by atoms with Crippen molar-refractivity contribution in [1.82, 2.24) is 5.32 Å². The van der Waals surface area contributed by atoms with Crippen molar-refractivity contribution in [2.75, 3.05) is 26.4 Å². The van der Waals surface area contributed by atoms with E-state index in [4.69, 9.17) is 28.8 Å². The predicted octanol–water partition coefficient (Wildman–Crippen LogP) is -9.25. The molecule has 0 saturated carbocycles. The highest BCUT2D eigenvalue weighted by atomic mass is 16.8. The van der Waals surface area contributed by atoms with E-state index in [9.17, 15) is 70.9 Å². The Hall–Kier alpha value is -1.74. The van der Waals surface area contributed by atoms with Gasteiger partial charge in [0.25, 0.3) is 5.79 Å². The number of carbonyl (C=O) groups excluding carboxylic acids is 1. The predicted molar refractivity (Wildman–Crippen MR) is 131 cm³/mol. The fourth-order valence-electron chi connectivity index (χ4n) is 5.05. The van der Waals surface area contributed by atoms with Gasteiger partial charge in [0.05, 0.1) is 32.0 Å². The lowest BCUT2D eigenvalue weighted by Gasteiger charge is -2.48. The van der Waals surface area contributed by atoms with Crippen molar-refractivity contribution in [2.24, 2.45) is 0 Å². The number of nitrogens with one attached hydrogen (secondary N) is 1. The van der Waals surface area contributed by atoms with Crippen LogP contribution >= 0.6 is 0 Å². The molecule has 0 spiro atoms. The second-order valence-corrected chi connectivity index (χ2v) is 10.6. The van der Waals surface area contributed by atoms with Crippen LogP contribution in [0.15, 0.2) is 0 Å². The van der Waals surface area contributed by atoms with E-state index in [0.29, 0.717) is 0 Å². The summed E-state index contributed by atoms with van der Waals surface area (Å²) in [6.45, 7) is -4.00. The Morgan fingerprint density at radius 2 is 1.55 bits per heavy atom. The number of aliphatic hydroxyl groups is 12. The molecule has 0 bridgehead atoms. The van der Waals surface area contributed by atoms with Crippen LogP contribution in [0.2, 0.25) is 0 Å². The largest absolute Gasteiger partial charge is 0.477 e. The lowest BCUT2D eigenvalue weighted by molar-refractivity contribution is -0.364. The van der Waals surface area contributed by atoms with Crippen LogP contribution in [0.1, 0.15) is 6.42 Å². The van der Waals surface area contributed by atoms with Crippen LogP contribution in [0.5, 0.6) is 0 Å². The van der Waals surface area contributed by atoms with Gasteiger partial charge >= 0.3 is 5.97 Å². The minimum atomic E-state index is -2.89. The summed E-state index contributed by atoms with van der Waals surface area (Å²) in [4.78, 5) is 24.2. The molecule has 0 aliphatic carbocycles. The first-order chi connectivity index (χ1) is 20.6. The molecule has 3 fully saturated rings. The molecule has 0 radical (unpaired) electrons. The van der Waals surface area contributed by atoms with E-state index in [2.05, 4.69) is 5.32 Å². The fourth-order valence-corrected chi connectivity index (χ4v) is 5.05. The van der Waals surface area contributed by atoms with E-state index >= 15 is 0 Å². The highest BCUT2D eigenvalue weighted by Gasteiger charge is 2.57. The van der Waals surface area contributed by atoms with Crippen LogP contribution in [0.4, 0.5) is 0 Å². The molecule has 3 aliphatic heterocycles. The van der Waals surface area contributed by atoms with Crippen molar-refractivity contribution in [3.8, 4) is 0 Å². The number of ether oxygens (including phenoxy) is 5. The fraction of sp³-hybridized carbons (Fsp3) is 0.913. The molecule has 256 valence electrons. The average molecular weight is 650 g/mol. The SMILES string of the molecule is O=C(CO)N[C@H]1[C@H]([C@H](O)[C@H](O)CO)O[C@@](OC[C@H]2O[C@@H](O[C@H]3[C@H](O)[C@@H](O)[C@H](O)O[C@@H]3CO)[C@H](O)[C@@H](O)[C@H]2O)(C(=O)O)C[C@@H]1O. The molecule has 44 heavy (non-hydrogen) atoms. The quantitative estimate of drug-likeness (QED) is 0.0932. The normalized spacial score (nSPS) is 44.5. The average Bonchev–Trinajstić information content (AvgIpc) is 3.00. The first-order valence-corrected chi connectivity index (χ1v) is 13.4. The topological polar surface area (TPSA) is 355 Å². The minimum Gasteiger partial charge on any atom is -0.477 e. The number of carbonyl (C=O) groups is 2. The smallest absolute Gasteiger partial charge is 0.364 e. The number of hydrogen-bond donors (Lipinski definition) is 14. The number of rotatable bonds is 12. The van der Waals surface area contributed by atoms with Gasteiger partial charge in [-0.3, -0.25) is 4.79 Å². The van der Waals surface area contributed by atoms with Gasteiger partial charge in [0.15, 0.2) is 12.6 Å². The zero-order valence-electron chi connectivity index (χ0n) is 22.9. The Bertz CT molecular complexity index is 959. The molecule has 14 N–H and O–H groups in total. The molecule has 3 saturated heterocycles. The minimum absolute atomic E-state index is 0.857. The summed E-state index contributed by atoms with van der Waals surface area (Å²) in [5.74, 6) is -5.89.